The number of nitrogens with one attached hydrogen (secondary N) is 1. The molecular weight excluding hydrogens is 683 g/mol. The van der Waals surface area contributed by atoms with Gasteiger partial charge >= 0.3 is 13.3 Å². The van der Waals surface area contributed by atoms with Crippen molar-refractivity contribution < 1.29 is 23.1 Å². The number of thioether (sulfide) groups is 1. The summed E-state index contributed by atoms with van der Waals surface area (Å²) in [6.45, 7) is 2.49. The minimum Gasteiger partial charge on any atom is -0.424 e. The molecule has 1 aliphatic rings. The number of nitrogen functional groups attached to an aromatic ring is 1. The number of nitrogens with zero attached hydrogens (tertiary/aromatic N) is 2. The molecule has 3 atom stereocenters. The van der Waals surface area contributed by atoms with Crippen molar-refractivity contribution in [2.24, 2.45) is 0 Å². The van der Waals surface area contributed by atoms with Gasteiger partial charge in [-0.15, -0.1) is 11.8 Å². The quantitative estimate of drug-likeness (QED) is 0.0617. The molecule has 2 aromatic rings. The Morgan fingerprint density at radius 2 is 1.57 bits per heavy atom. The van der Waals surface area contributed by atoms with Crippen molar-refractivity contribution in [3.63, 3.8) is 0 Å². The van der Waals surface area contributed by atoms with E-state index in [-0.39, 0.29) is 24.5 Å². The molecule has 1 aromatic heterocycles. The highest BCUT2D eigenvalue weighted by molar-refractivity contribution is 8.00. The molecule has 0 bridgehead atoms. The van der Waals surface area contributed by atoms with Crippen LogP contribution in [0.1, 0.15) is 70.9 Å². The number of benzene rings is 1. The lowest BCUT2D eigenvalue weighted by Crippen LogP contribution is -2.28. The van der Waals surface area contributed by atoms with Crippen LogP contribution in [0.4, 0.5) is 5.82 Å². The molecule has 51 heavy (non-hydrogen) atoms. The van der Waals surface area contributed by atoms with Gasteiger partial charge in [-0.2, -0.15) is 4.98 Å². The fourth-order valence-corrected chi connectivity index (χ4v) is 7.43. The molecule has 0 radical (unpaired) electrons. The zero-order valence-corrected chi connectivity index (χ0v) is 31.3. The van der Waals surface area contributed by atoms with Crippen LogP contribution in [0.2, 0.25) is 0 Å². The Kier molecular flexibility index (Phi) is 20.5. The van der Waals surface area contributed by atoms with Crippen molar-refractivity contribution in [1.29, 1.82) is 0 Å². The second-order valence-corrected chi connectivity index (χ2v) is 14.9. The van der Waals surface area contributed by atoms with Crippen LogP contribution >= 0.6 is 19.4 Å². The Labute approximate surface area is 307 Å². The molecule has 276 valence electrons. The minimum absolute atomic E-state index is 0.000740. The highest BCUT2D eigenvalue weighted by Gasteiger charge is 2.33. The molecule has 1 aromatic carbocycles. The Balaban J connectivity index is 1.29. The second-order valence-electron chi connectivity index (χ2n) is 11.6. The average molecular weight is 737 g/mol. The van der Waals surface area contributed by atoms with Gasteiger partial charge in [0.1, 0.15) is 23.2 Å². The van der Waals surface area contributed by atoms with Crippen LogP contribution < -0.4 is 21.3 Å². The van der Waals surface area contributed by atoms with E-state index in [4.69, 9.17) is 19.5 Å². The third-order valence-corrected chi connectivity index (χ3v) is 10.3. The summed E-state index contributed by atoms with van der Waals surface area (Å²) in [5, 5.41) is 2.90. The van der Waals surface area contributed by atoms with Crippen LogP contribution in [0.15, 0.2) is 120 Å². The minimum atomic E-state index is -3.59. The van der Waals surface area contributed by atoms with Gasteiger partial charge in [-0.1, -0.05) is 98.0 Å². The van der Waals surface area contributed by atoms with Gasteiger partial charge in [-0.3, -0.25) is 13.9 Å². The van der Waals surface area contributed by atoms with Gasteiger partial charge in [-0.25, -0.2) is 9.36 Å². The lowest BCUT2D eigenvalue weighted by atomic mass is 10.2. The van der Waals surface area contributed by atoms with E-state index in [0.29, 0.717) is 37.3 Å². The summed E-state index contributed by atoms with van der Waals surface area (Å²) in [4.78, 5) is 28.3. The summed E-state index contributed by atoms with van der Waals surface area (Å²) in [5.41, 5.74) is 4.63. The highest BCUT2D eigenvalue weighted by atomic mass is 32.2. The Morgan fingerprint density at radius 3 is 2.18 bits per heavy atom. The van der Waals surface area contributed by atoms with E-state index in [1.54, 1.807) is 30.5 Å². The van der Waals surface area contributed by atoms with Crippen molar-refractivity contribution >= 4 is 31.1 Å². The van der Waals surface area contributed by atoms with E-state index in [9.17, 15) is 14.2 Å². The Hall–Kier alpha value is -3.89. The van der Waals surface area contributed by atoms with Gasteiger partial charge in [0.25, 0.3) is 0 Å². The lowest BCUT2D eigenvalue weighted by Gasteiger charge is -2.21. The average Bonchev–Trinajstić information content (AvgIpc) is 3.59. The van der Waals surface area contributed by atoms with Gasteiger partial charge in [0.2, 0.25) is 5.91 Å². The normalized spacial score (nSPS) is 17.9. The van der Waals surface area contributed by atoms with Crippen molar-refractivity contribution in [3.8, 4) is 5.75 Å². The van der Waals surface area contributed by atoms with E-state index < -0.39 is 24.9 Å². The third kappa shape index (κ3) is 18.3. The smallest absolute Gasteiger partial charge is 0.379 e. The Morgan fingerprint density at radius 1 is 0.961 bits per heavy atom. The number of para-hydroxylation sites is 1. The number of amides is 1. The van der Waals surface area contributed by atoms with Crippen LogP contribution in [0.3, 0.4) is 0 Å². The summed E-state index contributed by atoms with van der Waals surface area (Å²) in [6.07, 6.45) is 34.1. The number of rotatable bonds is 24. The first-order valence-corrected chi connectivity index (χ1v) is 20.4. The number of carbonyl (C=O) groups is 1. The van der Waals surface area contributed by atoms with E-state index in [2.05, 4.69) is 84.1 Å². The van der Waals surface area contributed by atoms with Crippen molar-refractivity contribution in [2.45, 2.75) is 76.4 Å². The number of hydrogen-bond acceptors (Lipinski definition) is 9. The van der Waals surface area contributed by atoms with Crippen molar-refractivity contribution in [1.82, 2.24) is 14.9 Å². The summed E-state index contributed by atoms with van der Waals surface area (Å²) in [6, 6.07) is 10.4. The van der Waals surface area contributed by atoms with Gasteiger partial charge < -0.3 is 20.3 Å². The summed E-state index contributed by atoms with van der Waals surface area (Å²) in [7, 11) is -3.59. The van der Waals surface area contributed by atoms with Crippen LogP contribution in [-0.2, 0) is 18.6 Å². The summed E-state index contributed by atoms with van der Waals surface area (Å²) >= 11 is 1.44. The maximum Gasteiger partial charge on any atom is 0.379 e. The number of aromatic nitrogens is 2. The van der Waals surface area contributed by atoms with Crippen molar-refractivity contribution in [2.75, 3.05) is 30.8 Å². The largest absolute Gasteiger partial charge is 0.424 e. The van der Waals surface area contributed by atoms with Crippen LogP contribution in [0, 0.1) is 0 Å². The van der Waals surface area contributed by atoms with E-state index >= 15 is 0 Å². The SMILES string of the molecule is CC/C=C\C/C=C\C/C=C\C/C=C\C/C=C\C/C=C\CCC(=O)NCCCP(=O)(OC[C@@H]1OC(n2ccc(N)nc2=O)CS1)Oc1ccccc1. The molecule has 1 fully saturated rings. The lowest BCUT2D eigenvalue weighted by molar-refractivity contribution is -0.121. The van der Waals surface area contributed by atoms with E-state index in [1.165, 1.54) is 22.4 Å². The number of hydrogen-bond donors (Lipinski definition) is 2. The molecule has 2 heterocycles. The Bertz CT molecular complexity index is 1590. The molecule has 1 aliphatic heterocycles. The molecule has 12 heteroatoms. The van der Waals surface area contributed by atoms with Crippen LogP contribution in [-0.4, -0.2) is 46.0 Å². The molecule has 10 nitrogen and oxygen atoms in total. The number of ether oxygens (including phenoxy) is 1. The third-order valence-electron chi connectivity index (χ3n) is 7.36. The topological polar surface area (TPSA) is 135 Å². The predicted molar refractivity (Wildman–Crippen MR) is 210 cm³/mol. The maximum absolute atomic E-state index is 13.8. The zero-order valence-electron chi connectivity index (χ0n) is 29.6. The molecule has 2 unspecified atom stereocenters. The second kappa shape index (κ2) is 25.1. The molecule has 1 saturated heterocycles. The van der Waals surface area contributed by atoms with E-state index in [0.717, 1.165) is 38.5 Å². The molecule has 0 spiro atoms. The zero-order chi connectivity index (χ0) is 36.4. The number of anilines is 1. The molecule has 0 aliphatic carbocycles. The molecule has 1 amide bonds. The van der Waals surface area contributed by atoms with E-state index in [1.807, 2.05) is 12.1 Å². The maximum atomic E-state index is 13.8. The number of allylic oxidation sites excluding steroid dienone is 12. The van der Waals surface area contributed by atoms with Gasteiger partial charge in [0.05, 0.1) is 12.8 Å². The molecule has 3 N–H and O–H groups in total. The predicted octanol–water partition coefficient (Wildman–Crippen LogP) is 8.69. The monoisotopic (exact) mass is 736 g/mol. The standard InChI is InChI=1S/C39H53N4O6PS/c1-2-3-4-5-6-7-8-9-10-11-12-13-14-15-16-17-18-19-23-27-36(44)41-29-24-31-50(46,49-34-25-21-20-22-26-34)47-32-38-48-37(33-51-38)43-30-28-35(40)42-39(43)45/h3-4,6-7,9-10,12-13,15-16,18-22,25-26,28,30,37-38H,2,5,8,11,14,17,23-24,27,29,31-33H2,1H3,(H,41,44)(H2,40,42,45)/b4-3-,7-6-,10-9-,13-12-,16-15-,19-18-/t37?,38-,50?/m1/s1. The first-order chi connectivity index (χ1) is 24.9. The highest BCUT2D eigenvalue weighted by Crippen LogP contribution is 2.49. The van der Waals surface area contributed by atoms with Crippen molar-refractivity contribution in [3.05, 3.63) is 126 Å². The summed E-state index contributed by atoms with van der Waals surface area (Å²) < 4.78 is 32.8. The summed E-state index contributed by atoms with van der Waals surface area (Å²) in [5.74, 6) is 0.998. The first-order valence-electron chi connectivity index (χ1n) is 17.6. The van der Waals surface area contributed by atoms with Gasteiger partial charge in [-0.05, 0) is 69.6 Å². The van der Waals surface area contributed by atoms with Gasteiger partial charge in [0, 0.05) is 24.9 Å². The fourth-order valence-electron chi connectivity index (χ4n) is 4.72. The van der Waals surface area contributed by atoms with Crippen LogP contribution in [0.5, 0.6) is 5.75 Å². The molecule has 0 saturated carbocycles. The molecule has 3 rings (SSSR count). The first kappa shape index (κ1) is 41.5. The fraction of sp³-hybridized carbons (Fsp3) is 0.410. The number of nitrogens with two attached hydrogens (primary N) is 1. The molecular formula is C39H53N4O6PS. The number of carbonyl (C=O) groups excluding carboxylic acids is 1. The van der Waals surface area contributed by atoms with Crippen LogP contribution in [0.25, 0.3) is 0 Å². The van der Waals surface area contributed by atoms with Gasteiger partial charge in [0.15, 0.2) is 0 Å².